The lowest BCUT2D eigenvalue weighted by Crippen LogP contribution is -2.15. The van der Waals surface area contributed by atoms with E-state index in [9.17, 15) is 17.2 Å². The Hall–Kier alpha value is -2.39. The van der Waals surface area contributed by atoms with E-state index in [1.165, 1.54) is 30.7 Å². The smallest absolute Gasteiger partial charge is 0.264 e. The molecule has 0 saturated carbocycles. The van der Waals surface area contributed by atoms with Crippen LogP contribution in [0.2, 0.25) is 0 Å². The van der Waals surface area contributed by atoms with Crippen molar-refractivity contribution in [2.45, 2.75) is 4.90 Å². The van der Waals surface area contributed by atoms with Crippen molar-refractivity contribution in [2.75, 3.05) is 11.8 Å². The number of hydrogen-bond acceptors (Lipinski definition) is 7. The SMILES string of the molecule is COc1ncc(-c2nn3c(I)cnc3s2)cc1NS(=O)(=O)c1ccc(F)cc1F. The molecule has 0 atom stereocenters. The third-order valence-electron chi connectivity index (χ3n) is 3.76. The fourth-order valence-corrected chi connectivity index (χ4v) is 5.09. The van der Waals surface area contributed by atoms with Gasteiger partial charge in [-0.3, -0.25) is 4.72 Å². The van der Waals surface area contributed by atoms with Crippen molar-refractivity contribution in [1.82, 2.24) is 19.6 Å². The number of benzene rings is 1. The van der Waals surface area contributed by atoms with E-state index in [2.05, 4.69) is 42.4 Å². The monoisotopic (exact) mass is 549 g/mol. The third-order valence-corrected chi connectivity index (χ3v) is 6.87. The van der Waals surface area contributed by atoms with Crippen LogP contribution in [-0.4, -0.2) is 35.1 Å². The van der Waals surface area contributed by atoms with Crippen LogP contribution in [0.5, 0.6) is 5.88 Å². The molecule has 0 fully saturated rings. The molecule has 0 amide bonds. The first kappa shape index (κ1) is 19.9. The van der Waals surface area contributed by atoms with Gasteiger partial charge >= 0.3 is 0 Å². The number of nitrogens with one attached hydrogen (secondary N) is 1. The van der Waals surface area contributed by atoms with Gasteiger partial charge in [0.1, 0.15) is 30.9 Å². The van der Waals surface area contributed by atoms with Crippen molar-refractivity contribution < 1.29 is 21.9 Å². The highest BCUT2D eigenvalue weighted by Gasteiger charge is 2.23. The second kappa shape index (κ2) is 7.46. The molecule has 8 nitrogen and oxygen atoms in total. The number of ether oxygens (including phenoxy) is 1. The van der Waals surface area contributed by atoms with Gasteiger partial charge in [0.2, 0.25) is 10.8 Å². The van der Waals surface area contributed by atoms with Gasteiger partial charge in [-0.05, 0) is 40.8 Å². The van der Waals surface area contributed by atoms with E-state index in [0.717, 1.165) is 15.8 Å². The Morgan fingerprint density at radius 2 is 2.00 bits per heavy atom. The molecule has 0 saturated heterocycles. The van der Waals surface area contributed by atoms with Crippen molar-refractivity contribution in [3.8, 4) is 16.5 Å². The summed E-state index contributed by atoms with van der Waals surface area (Å²) in [4.78, 5) is 8.28. The fraction of sp³-hybridized carbons (Fsp3) is 0.0625. The predicted molar refractivity (Wildman–Crippen MR) is 111 cm³/mol. The van der Waals surface area contributed by atoms with Crippen LogP contribution in [0.3, 0.4) is 0 Å². The van der Waals surface area contributed by atoms with E-state index in [-0.39, 0.29) is 11.6 Å². The standard InChI is InChI=1S/C16H10F2IN5O3S2/c1-27-14-11(23-29(25,26)12-3-2-9(17)5-10(12)18)4-8(6-20-14)15-22-24-13(19)7-21-16(24)28-15/h2-7,23H,1H3. The van der Waals surface area contributed by atoms with Gasteiger partial charge in [-0.1, -0.05) is 11.3 Å². The molecule has 150 valence electrons. The number of hydrogen-bond donors (Lipinski definition) is 1. The zero-order valence-electron chi connectivity index (χ0n) is 14.4. The van der Waals surface area contributed by atoms with E-state index in [4.69, 9.17) is 4.74 Å². The number of imidazole rings is 1. The van der Waals surface area contributed by atoms with Gasteiger partial charge in [0.15, 0.2) is 0 Å². The van der Waals surface area contributed by atoms with Crippen molar-refractivity contribution in [1.29, 1.82) is 0 Å². The molecule has 3 heterocycles. The predicted octanol–water partition coefficient (Wildman–Crippen LogP) is 3.55. The number of fused-ring (bicyclic) bond motifs is 1. The summed E-state index contributed by atoms with van der Waals surface area (Å²) >= 11 is 3.38. The molecule has 4 aromatic rings. The molecule has 0 unspecified atom stereocenters. The summed E-state index contributed by atoms with van der Waals surface area (Å²) in [6.07, 6.45) is 3.15. The average Bonchev–Trinajstić information content (AvgIpc) is 3.23. The first-order valence-electron chi connectivity index (χ1n) is 7.81. The van der Waals surface area contributed by atoms with Crippen molar-refractivity contribution in [3.05, 3.63) is 52.0 Å². The summed E-state index contributed by atoms with van der Waals surface area (Å²) in [5.41, 5.74) is 0.491. The van der Waals surface area contributed by atoms with Crippen molar-refractivity contribution in [2.24, 2.45) is 0 Å². The van der Waals surface area contributed by atoms with E-state index in [1.54, 1.807) is 10.7 Å². The highest BCUT2D eigenvalue weighted by Crippen LogP contribution is 2.32. The molecule has 13 heteroatoms. The molecular weight excluding hydrogens is 539 g/mol. The number of rotatable bonds is 5. The number of methoxy groups -OCH3 is 1. The molecule has 4 rings (SSSR count). The molecule has 29 heavy (non-hydrogen) atoms. The van der Waals surface area contributed by atoms with E-state index in [1.807, 2.05) is 0 Å². The molecule has 0 aliphatic carbocycles. The third kappa shape index (κ3) is 3.76. The van der Waals surface area contributed by atoms with Crippen LogP contribution in [0.25, 0.3) is 15.5 Å². The van der Waals surface area contributed by atoms with Gasteiger partial charge in [-0.2, -0.15) is 9.61 Å². The Morgan fingerprint density at radius 1 is 1.21 bits per heavy atom. The minimum Gasteiger partial charge on any atom is -0.480 e. The molecule has 1 aromatic carbocycles. The summed E-state index contributed by atoms with van der Waals surface area (Å²) in [7, 11) is -3.04. The maximum absolute atomic E-state index is 14.0. The molecule has 0 aliphatic heterocycles. The lowest BCUT2D eigenvalue weighted by atomic mass is 10.3. The van der Waals surface area contributed by atoms with Crippen LogP contribution < -0.4 is 9.46 Å². The number of nitrogens with zero attached hydrogens (tertiary/aromatic N) is 4. The first-order valence-corrected chi connectivity index (χ1v) is 11.2. The minimum atomic E-state index is -4.36. The average molecular weight is 549 g/mol. The molecule has 0 radical (unpaired) electrons. The van der Waals surface area contributed by atoms with E-state index < -0.39 is 26.6 Å². The van der Waals surface area contributed by atoms with Crippen LogP contribution in [0.15, 0.2) is 41.6 Å². The van der Waals surface area contributed by atoms with Crippen LogP contribution in [0, 0.1) is 15.3 Å². The molecule has 0 aliphatic rings. The van der Waals surface area contributed by atoms with Crippen LogP contribution in [0.4, 0.5) is 14.5 Å². The Balaban J connectivity index is 1.75. The van der Waals surface area contributed by atoms with Gasteiger partial charge in [-0.25, -0.2) is 27.2 Å². The zero-order chi connectivity index (χ0) is 20.8. The van der Waals surface area contributed by atoms with Gasteiger partial charge < -0.3 is 4.74 Å². The fourth-order valence-electron chi connectivity index (χ4n) is 2.48. The van der Waals surface area contributed by atoms with E-state index in [0.29, 0.717) is 21.6 Å². The largest absolute Gasteiger partial charge is 0.480 e. The Labute approximate surface area is 180 Å². The first-order chi connectivity index (χ1) is 13.8. The molecular formula is C16H10F2IN5O3S2. The molecule has 0 bridgehead atoms. The molecule has 0 spiro atoms. The molecule has 3 aromatic heterocycles. The van der Waals surface area contributed by atoms with E-state index >= 15 is 0 Å². The topological polar surface area (TPSA) is 98.5 Å². The van der Waals surface area contributed by atoms with Gasteiger partial charge in [0.05, 0.1) is 13.3 Å². The van der Waals surface area contributed by atoms with Crippen LogP contribution in [-0.2, 0) is 10.0 Å². The highest BCUT2D eigenvalue weighted by molar-refractivity contribution is 14.1. The summed E-state index contributed by atoms with van der Waals surface area (Å²) in [6.45, 7) is 0. The Bertz CT molecular complexity index is 1340. The van der Waals surface area contributed by atoms with Gasteiger partial charge in [0, 0.05) is 17.8 Å². The number of aromatic nitrogens is 4. The maximum atomic E-state index is 14.0. The summed E-state index contributed by atoms with van der Waals surface area (Å²) in [6, 6.07) is 3.66. The van der Waals surface area contributed by atoms with Crippen molar-refractivity contribution >= 4 is 54.6 Å². The summed E-state index contributed by atoms with van der Waals surface area (Å²) in [5.74, 6) is -2.11. The summed E-state index contributed by atoms with van der Waals surface area (Å²) in [5, 5.41) is 4.97. The number of pyridine rings is 1. The Kier molecular flexibility index (Phi) is 5.12. The van der Waals surface area contributed by atoms with Gasteiger partial charge in [-0.15, -0.1) is 0 Å². The summed E-state index contributed by atoms with van der Waals surface area (Å²) < 4.78 is 62.1. The number of anilines is 1. The second-order valence-electron chi connectivity index (χ2n) is 5.64. The van der Waals surface area contributed by atoms with Crippen LogP contribution >= 0.6 is 33.9 Å². The number of halogens is 3. The minimum absolute atomic E-state index is 0.0173. The van der Waals surface area contributed by atoms with Crippen molar-refractivity contribution in [3.63, 3.8) is 0 Å². The quantitative estimate of drug-likeness (QED) is 0.383. The maximum Gasteiger partial charge on any atom is 0.264 e. The van der Waals surface area contributed by atoms with Gasteiger partial charge in [0.25, 0.3) is 10.0 Å². The second-order valence-corrected chi connectivity index (χ2v) is 9.36. The lowest BCUT2D eigenvalue weighted by molar-refractivity contribution is 0.400. The van der Waals surface area contributed by atoms with Crippen LogP contribution in [0.1, 0.15) is 0 Å². The highest BCUT2D eigenvalue weighted by atomic mass is 127. The number of sulfonamides is 1. The Morgan fingerprint density at radius 3 is 2.69 bits per heavy atom. The zero-order valence-corrected chi connectivity index (χ0v) is 18.2. The lowest BCUT2D eigenvalue weighted by Gasteiger charge is -2.12. The molecule has 1 N–H and O–H groups in total. The normalized spacial score (nSPS) is 11.7.